The number of benzene rings is 3. The largest absolute Gasteiger partial charge is 0.493 e. The number of aromatic nitrogens is 1. The van der Waals surface area contributed by atoms with E-state index in [2.05, 4.69) is 43.3 Å². The molecule has 3 aromatic carbocycles. The lowest BCUT2D eigenvalue weighted by molar-refractivity contribution is 0.158. The van der Waals surface area contributed by atoms with E-state index >= 15 is 0 Å². The summed E-state index contributed by atoms with van der Waals surface area (Å²) in [5.74, 6) is 0.985. The molecule has 0 amide bonds. The van der Waals surface area contributed by atoms with Crippen molar-refractivity contribution < 1.29 is 14.3 Å². The van der Waals surface area contributed by atoms with Gasteiger partial charge in [0.15, 0.2) is 17.3 Å². The van der Waals surface area contributed by atoms with Crippen molar-refractivity contribution in [1.29, 1.82) is 0 Å². The number of halogens is 1. The molecule has 0 aliphatic rings. The Balaban J connectivity index is 0.000000405. The van der Waals surface area contributed by atoms with Crippen molar-refractivity contribution in [2.24, 2.45) is 10.9 Å². The molecule has 4 aromatic rings. The van der Waals surface area contributed by atoms with E-state index in [4.69, 9.17) is 31.6 Å². The van der Waals surface area contributed by atoms with E-state index in [1.165, 1.54) is 18.2 Å². The number of amidine groups is 1. The van der Waals surface area contributed by atoms with Gasteiger partial charge in [0.25, 0.3) is 0 Å². The van der Waals surface area contributed by atoms with Crippen LogP contribution in [0.25, 0.3) is 10.9 Å². The van der Waals surface area contributed by atoms with Gasteiger partial charge in [0.1, 0.15) is 6.61 Å². The van der Waals surface area contributed by atoms with Crippen molar-refractivity contribution in [2.45, 2.75) is 27.3 Å². The number of hydrogen-bond donors (Lipinski definition) is 1. The fraction of sp³-hybridized carbons (Fsp3) is 0.241. The van der Waals surface area contributed by atoms with Gasteiger partial charge in [-0.1, -0.05) is 64.3 Å². The van der Waals surface area contributed by atoms with E-state index < -0.39 is 0 Å². The predicted octanol–water partition coefficient (Wildman–Crippen LogP) is 5.68. The molecule has 4 rings (SSSR count). The highest BCUT2D eigenvalue weighted by Gasteiger charge is 2.16. The molecule has 0 fully saturated rings. The maximum absolute atomic E-state index is 13.1. The fourth-order valence-electron chi connectivity index (χ4n) is 3.64. The maximum atomic E-state index is 13.1. The van der Waals surface area contributed by atoms with Gasteiger partial charge in [-0.25, -0.2) is 0 Å². The molecule has 194 valence electrons. The highest BCUT2D eigenvalue weighted by molar-refractivity contribution is 6.30. The lowest BCUT2D eigenvalue weighted by Crippen LogP contribution is -2.25. The zero-order valence-corrected chi connectivity index (χ0v) is 22.5. The van der Waals surface area contributed by atoms with Crippen LogP contribution in [-0.2, 0) is 11.4 Å². The standard InChI is InChI=1S/C21H22ClN3O4.C8H10/c1-4-29-24-21(23)16-12-25(11-13-5-7-14(22)8-6-13)17-10-19(28-3)18(27-2)9-15(17)20(16)26;1-7-3-5-8(2)6-4-7/h5-10,12H,4,11H2,1-3H3,(H2,23,24);3-6H,1-2H3. The molecule has 1 aromatic heterocycles. The summed E-state index contributed by atoms with van der Waals surface area (Å²) in [7, 11) is 3.07. The van der Waals surface area contributed by atoms with Crippen LogP contribution in [0.15, 0.2) is 76.8 Å². The Morgan fingerprint density at radius 2 is 1.51 bits per heavy atom. The van der Waals surface area contributed by atoms with E-state index in [1.54, 1.807) is 32.4 Å². The van der Waals surface area contributed by atoms with Crippen LogP contribution in [0.2, 0.25) is 5.02 Å². The van der Waals surface area contributed by atoms with Gasteiger partial charge in [-0.15, -0.1) is 0 Å². The second kappa shape index (κ2) is 12.8. The Morgan fingerprint density at radius 1 is 0.946 bits per heavy atom. The third-order valence-corrected chi connectivity index (χ3v) is 5.89. The summed E-state index contributed by atoms with van der Waals surface area (Å²) in [6, 6.07) is 19.4. The molecule has 0 aliphatic heterocycles. The summed E-state index contributed by atoms with van der Waals surface area (Å²) < 4.78 is 12.7. The molecule has 0 saturated carbocycles. The van der Waals surface area contributed by atoms with Gasteiger partial charge in [-0.2, -0.15) is 0 Å². The Labute approximate surface area is 222 Å². The Kier molecular flexibility index (Phi) is 9.57. The van der Waals surface area contributed by atoms with Gasteiger partial charge >= 0.3 is 0 Å². The molecule has 7 nitrogen and oxygen atoms in total. The summed E-state index contributed by atoms with van der Waals surface area (Å²) >= 11 is 5.99. The van der Waals surface area contributed by atoms with E-state index in [1.807, 2.05) is 28.8 Å². The first-order chi connectivity index (χ1) is 17.8. The van der Waals surface area contributed by atoms with Gasteiger partial charge < -0.3 is 24.6 Å². The lowest BCUT2D eigenvalue weighted by atomic mass is 10.1. The molecule has 37 heavy (non-hydrogen) atoms. The Morgan fingerprint density at radius 3 is 2.05 bits per heavy atom. The second-order valence-corrected chi connectivity index (χ2v) is 8.84. The van der Waals surface area contributed by atoms with Crippen LogP contribution in [0.1, 0.15) is 29.2 Å². The molecule has 0 aliphatic carbocycles. The van der Waals surface area contributed by atoms with Crippen LogP contribution < -0.4 is 20.6 Å². The number of aryl methyl sites for hydroxylation is 2. The van der Waals surface area contributed by atoms with Crippen molar-refractivity contribution in [2.75, 3.05) is 20.8 Å². The predicted molar refractivity (Wildman–Crippen MR) is 150 cm³/mol. The number of ether oxygens (including phenoxy) is 2. The van der Waals surface area contributed by atoms with Gasteiger partial charge in [0, 0.05) is 23.8 Å². The van der Waals surface area contributed by atoms with E-state index in [9.17, 15) is 4.79 Å². The topological polar surface area (TPSA) is 88.1 Å². The van der Waals surface area contributed by atoms with Crippen LogP contribution in [0.4, 0.5) is 0 Å². The highest BCUT2D eigenvalue weighted by atomic mass is 35.5. The first kappa shape index (κ1) is 27.6. The molecule has 0 bridgehead atoms. The number of nitrogens with two attached hydrogens (primary N) is 1. The van der Waals surface area contributed by atoms with Crippen LogP contribution in [0.5, 0.6) is 11.5 Å². The number of oxime groups is 1. The van der Waals surface area contributed by atoms with E-state index in [-0.39, 0.29) is 16.8 Å². The lowest BCUT2D eigenvalue weighted by Gasteiger charge is -2.16. The molecule has 0 spiro atoms. The Bertz CT molecular complexity index is 1410. The molecule has 0 saturated heterocycles. The van der Waals surface area contributed by atoms with Crippen LogP contribution in [0.3, 0.4) is 0 Å². The van der Waals surface area contributed by atoms with E-state index in [0.29, 0.717) is 40.6 Å². The number of fused-ring (bicyclic) bond motifs is 1. The van der Waals surface area contributed by atoms with Crippen molar-refractivity contribution in [3.8, 4) is 11.5 Å². The third-order valence-electron chi connectivity index (χ3n) is 5.64. The minimum Gasteiger partial charge on any atom is -0.493 e. The van der Waals surface area contributed by atoms with Crippen LogP contribution >= 0.6 is 11.6 Å². The molecule has 0 radical (unpaired) electrons. The number of hydrogen-bond acceptors (Lipinski definition) is 5. The summed E-state index contributed by atoms with van der Waals surface area (Å²) in [5, 5.41) is 4.91. The molecule has 0 atom stereocenters. The van der Waals surface area contributed by atoms with Gasteiger partial charge in [0.2, 0.25) is 5.43 Å². The maximum Gasteiger partial charge on any atom is 0.200 e. The third kappa shape index (κ3) is 7.05. The molecule has 1 heterocycles. The van der Waals surface area contributed by atoms with Gasteiger partial charge in [0.05, 0.1) is 30.7 Å². The van der Waals surface area contributed by atoms with E-state index in [0.717, 1.165) is 5.56 Å². The smallest absolute Gasteiger partial charge is 0.200 e. The Hall–Kier alpha value is -3.97. The van der Waals surface area contributed by atoms with Gasteiger partial charge in [-0.3, -0.25) is 4.79 Å². The van der Waals surface area contributed by atoms with Crippen LogP contribution in [0, 0.1) is 13.8 Å². The minimum atomic E-state index is -0.269. The summed E-state index contributed by atoms with van der Waals surface area (Å²) in [6.07, 6.45) is 1.67. The zero-order valence-electron chi connectivity index (χ0n) is 21.7. The SMILES string of the molecule is CCO/N=C(\N)c1cn(Cc2ccc(Cl)cc2)c2cc(OC)c(OC)cc2c1=O.Cc1ccc(C)cc1. The average molecular weight is 522 g/mol. The number of pyridine rings is 1. The highest BCUT2D eigenvalue weighted by Crippen LogP contribution is 2.31. The van der Waals surface area contributed by atoms with Crippen LogP contribution in [-0.4, -0.2) is 31.2 Å². The first-order valence-corrected chi connectivity index (χ1v) is 12.2. The summed E-state index contributed by atoms with van der Waals surface area (Å²) in [6.45, 7) is 6.81. The van der Waals surface area contributed by atoms with Gasteiger partial charge in [-0.05, 0) is 44.5 Å². The molecule has 0 unspecified atom stereocenters. The number of nitrogens with zero attached hydrogens (tertiary/aromatic N) is 2. The van der Waals surface area contributed by atoms with Crippen molar-refractivity contribution in [1.82, 2.24) is 4.57 Å². The summed E-state index contributed by atoms with van der Waals surface area (Å²) in [5.41, 5.74) is 10.3. The molecular formula is C29H32ClN3O4. The van der Waals surface area contributed by atoms with Crippen molar-refractivity contribution >= 4 is 28.3 Å². The number of methoxy groups -OCH3 is 2. The summed E-state index contributed by atoms with van der Waals surface area (Å²) in [4.78, 5) is 18.1. The minimum absolute atomic E-state index is 0.0124. The second-order valence-electron chi connectivity index (χ2n) is 8.40. The average Bonchev–Trinajstić information content (AvgIpc) is 2.91. The van der Waals surface area contributed by atoms with Crippen molar-refractivity contribution in [3.63, 3.8) is 0 Å². The molecular weight excluding hydrogens is 490 g/mol. The molecule has 2 N–H and O–H groups in total. The zero-order chi connectivity index (χ0) is 26.9. The quantitative estimate of drug-likeness (QED) is 0.192. The van der Waals surface area contributed by atoms with Crippen molar-refractivity contribution in [3.05, 3.63) is 104 Å². The normalized spacial score (nSPS) is 11.0. The number of rotatable bonds is 7. The fourth-order valence-corrected chi connectivity index (χ4v) is 3.76. The first-order valence-electron chi connectivity index (χ1n) is 11.8. The molecule has 8 heteroatoms. The monoisotopic (exact) mass is 521 g/mol.